The highest BCUT2D eigenvalue weighted by atomic mass is 19.4. The maximum atomic E-state index is 13.2. The average Bonchev–Trinajstić information content (AvgIpc) is 2.87. The molecule has 1 atom stereocenters. The number of anilines is 3. The third kappa shape index (κ3) is 6.41. The third-order valence-corrected chi connectivity index (χ3v) is 5.61. The number of ether oxygens (including phenoxy) is 1. The fraction of sp³-hybridized carbons (Fsp3) is 0.409. The Bertz CT molecular complexity index is 1290. The standard InChI is InChI=1S/C22H22F6N8O2/c1-13(33-16-11-32-34-19(37)18(16)22(26,27)28)12-38-15-2-3-29-17(8-15)35-4-6-36(7-5-35)20-30-9-14(10-31-20)21(23,24)25/h2-3,8-11,13H,4-7,12H2,1H3,(H2,33,34,37)/t13-/m0/s1. The molecule has 0 saturated carbocycles. The molecule has 3 aromatic heterocycles. The highest BCUT2D eigenvalue weighted by molar-refractivity contribution is 5.50. The number of halogens is 6. The van der Waals surface area contributed by atoms with Crippen molar-refractivity contribution in [3.63, 3.8) is 0 Å². The Balaban J connectivity index is 1.33. The molecular formula is C22H22F6N8O2. The van der Waals surface area contributed by atoms with E-state index >= 15 is 0 Å². The molecule has 1 fully saturated rings. The van der Waals surface area contributed by atoms with Crippen LogP contribution >= 0.6 is 0 Å². The Kier molecular flexibility index (Phi) is 7.59. The SMILES string of the molecule is C[C@@H](COc1ccnc(N2CCN(c3ncc(C(F)(F)F)cn3)CC2)c1)Nc1cn[nH]c(=O)c1C(F)(F)F. The summed E-state index contributed by atoms with van der Waals surface area (Å²) in [5.41, 5.74) is -4.09. The van der Waals surface area contributed by atoms with E-state index in [1.54, 1.807) is 29.1 Å². The van der Waals surface area contributed by atoms with Crippen molar-refractivity contribution in [1.82, 2.24) is 25.1 Å². The summed E-state index contributed by atoms with van der Waals surface area (Å²) in [6.45, 7) is 3.46. The zero-order chi connectivity index (χ0) is 27.5. The zero-order valence-electron chi connectivity index (χ0n) is 19.8. The van der Waals surface area contributed by atoms with Gasteiger partial charge in [-0.2, -0.15) is 31.4 Å². The molecule has 4 heterocycles. The van der Waals surface area contributed by atoms with Gasteiger partial charge in [-0.25, -0.2) is 20.1 Å². The molecule has 38 heavy (non-hydrogen) atoms. The second kappa shape index (κ2) is 10.7. The number of alkyl halides is 6. The quantitative estimate of drug-likeness (QED) is 0.433. The number of nitrogens with one attached hydrogen (secondary N) is 2. The van der Waals surface area contributed by atoms with Crippen molar-refractivity contribution in [2.45, 2.75) is 25.3 Å². The van der Waals surface area contributed by atoms with Crippen LogP contribution in [0.4, 0.5) is 43.8 Å². The van der Waals surface area contributed by atoms with Gasteiger partial charge in [0, 0.05) is 50.8 Å². The number of aromatic amines is 1. The monoisotopic (exact) mass is 544 g/mol. The molecule has 0 aromatic carbocycles. The van der Waals surface area contributed by atoms with Crippen molar-refractivity contribution in [2.24, 2.45) is 0 Å². The van der Waals surface area contributed by atoms with Crippen LogP contribution in [0.3, 0.4) is 0 Å². The summed E-state index contributed by atoms with van der Waals surface area (Å²) in [6, 6.07) is 2.66. The lowest BCUT2D eigenvalue weighted by Crippen LogP contribution is -2.47. The lowest BCUT2D eigenvalue weighted by Gasteiger charge is -2.35. The highest BCUT2D eigenvalue weighted by Gasteiger charge is 2.37. The van der Waals surface area contributed by atoms with Gasteiger partial charge in [-0.05, 0) is 13.0 Å². The molecule has 10 nitrogen and oxygen atoms in total. The van der Waals surface area contributed by atoms with Crippen LogP contribution in [0.5, 0.6) is 5.75 Å². The lowest BCUT2D eigenvalue weighted by molar-refractivity contribution is -0.139. The summed E-state index contributed by atoms with van der Waals surface area (Å²) in [5, 5.41) is 7.80. The summed E-state index contributed by atoms with van der Waals surface area (Å²) >= 11 is 0. The predicted octanol–water partition coefficient (Wildman–Crippen LogP) is 3.20. The summed E-state index contributed by atoms with van der Waals surface area (Å²) in [6.07, 6.45) is -5.44. The fourth-order valence-corrected chi connectivity index (χ4v) is 3.75. The van der Waals surface area contributed by atoms with Crippen LogP contribution in [0, 0.1) is 0 Å². The van der Waals surface area contributed by atoms with Gasteiger partial charge in [0.15, 0.2) is 0 Å². The van der Waals surface area contributed by atoms with Crippen molar-refractivity contribution >= 4 is 17.5 Å². The second-order valence-corrected chi connectivity index (χ2v) is 8.44. The minimum Gasteiger partial charge on any atom is -0.491 e. The zero-order valence-corrected chi connectivity index (χ0v) is 19.8. The molecule has 204 valence electrons. The van der Waals surface area contributed by atoms with E-state index in [1.165, 1.54) is 6.20 Å². The first-order valence-electron chi connectivity index (χ1n) is 11.3. The summed E-state index contributed by atoms with van der Waals surface area (Å²) in [7, 11) is 0. The second-order valence-electron chi connectivity index (χ2n) is 8.44. The molecule has 1 saturated heterocycles. The number of rotatable bonds is 7. The number of aromatic nitrogens is 5. The molecule has 3 aromatic rings. The first-order chi connectivity index (χ1) is 17.9. The van der Waals surface area contributed by atoms with Crippen molar-refractivity contribution in [1.29, 1.82) is 0 Å². The Morgan fingerprint density at radius 2 is 1.66 bits per heavy atom. The maximum absolute atomic E-state index is 13.2. The van der Waals surface area contributed by atoms with E-state index in [-0.39, 0.29) is 12.6 Å². The number of pyridine rings is 1. The number of piperazine rings is 1. The van der Waals surface area contributed by atoms with E-state index < -0.39 is 40.8 Å². The molecule has 0 unspecified atom stereocenters. The molecule has 1 aliphatic rings. The van der Waals surface area contributed by atoms with Gasteiger partial charge < -0.3 is 19.9 Å². The van der Waals surface area contributed by atoms with Crippen LogP contribution in [-0.4, -0.2) is 64.0 Å². The third-order valence-electron chi connectivity index (χ3n) is 5.61. The van der Waals surface area contributed by atoms with Crippen molar-refractivity contribution < 1.29 is 31.1 Å². The molecule has 16 heteroatoms. The minimum absolute atomic E-state index is 0.0212. The molecule has 0 spiro atoms. The van der Waals surface area contributed by atoms with Gasteiger partial charge in [0.2, 0.25) is 5.95 Å². The molecule has 0 amide bonds. The molecule has 4 rings (SSSR count). The predicted molar refractivity (Wildman–Crippen MR) is 124 cm³/mol. The van der Waals surface area contributed by atoms with E-state index in [1.807, 2.05) is 4.90 Å². The average molecular weight is 544 g/mol. The number of H-pyrrole nitrogens is 1. The molecule has 0 radical (unpaired) electrons. The molecular weight excluding hydrogens is 522 g/mol. The van der Waals surface area contributed by atoms with Gasteiger partial charge in [0.25, 0.3) is 5.56 Å². The summed E-state index contributed by atoms with van der Waals surface area (Å²) < 4.78 is 83.6. The largest absolute Gasteiger partial charge is 0.491 e. The van der Waals surface area contributed by atoms with Crippen LogP contribution in [0.15, 0.2) is 41.7 Å². The Morgan fingerprint density at radius 1 is 1.00 bits per heavy atom. The van der Waals surface area contributed by atoms with Crippen molar-refractivity contribution in [3.8, 4) is 5.75 Å². The normalized spacial score (nSPS) is 15.3. The van der Waals surface area contributed by atoms with Crippen molar-refractivity contribution in [3.05, 3.63) is 58.4 Å². The fourth-order valence-electron chi connectivity index (χ4n) is 3.75. The molecule has 0 bridgehead atoms. The molecule has 2 N–H and O–H groups in total. The number of hydrogen-bond acceptors (Lipinski definition) is 9. The number of nitrogens with zero attached hydrogens (tertiary/aromatic N) is 6. The van der Waals surface area contributed by atoms with Crippen LogP contribution in [0.1, 0.15) is 18.1 Å². The summed E-state index contributed by atoms with van der Waals surface area (Å²) in [4.78, 5) is 27.3. The van der Waals surface area contributed by atoms with Crippen LogP contribution < -0.4 is 25.4 Å². The van der Waals surface area contributed by atoms with Crippen molar-refractivity contribution in [2.75, 3.05) is 47.9 Å². The van der Waals surface area contributed by atoms with E-state index in [0.717, 1.165) is 18.6 Å². The van der Waals surface area contributed by atoms with Gasteiger partial charge >= 0.3 is 12.4 Å². The van der Waals surface area contributed by atoms with E-state index in [0.29, 0.717) is 37.7 Å². The maximum Gasteiger partial charge on any atom is 0.423 e. The Morgan fingerprint density at radius 3 is 2.29 bits per heavy atom. The van der Waals surface area contributed by atoms with Gasteiger partial charge in [0.1, 0.15) is 23.7 Å². The van der Waals surface area contributed by atoms with E-state index in [9.17, 15) is 31.1 Å². The highest BCUT2D eigenvalue weighted by Crippen LogP contribution is 2.32. The van der Waals surface area contributed by atoms with Gasteiger partial charge in [-0.15, -0.1) is 0 Å². The summed E-state index contributed by atoms with van der Waals surface area (Å²) in [5.74, 6) is 1.22. The van der Waals surface area contributed by atoms with E-state index in [4.69, 9.17) is 4.74 Å². The van der Waals surface area contributed by atoms with E-state index in [2.05, 4.69) is 25.4 Å². The molecule has 0 aliphatic carbocycles. The lowest BCUT2D eigenvalue weighted by atomic mass is 10.2. The van der Waals surface area contributed by atoms with Gasteiger partial charge in [0.05, 0.1) is 23.5 Å². The minimum atomic E-state index is -4.86. The van der Waals surface area contributed by atoms with Crippen LogP contribution in [-0.2, 0) is 12.4 Å². The topological polar surface area (TPSA) is 112 Å². The first-order valence-corrected chi connectivity index (χ1v) is 11.3. The Labute approximate surface area is 211 Å². The smallest absolute Gasteiger partial charge is 0.423 e. The first kappa shape index (κ1) is 26.9. The van der Waals surface area contributed by atoms with Crippen LogP contribution in [0.2, 0.25) is 0 Å². The Hall–Kier alpha value is -4.11. The van der Waals surface area contributed by atoms with Gasteiger partial charge in [-0.1, -0.05) is 0 Å². The molecule has 1 aliphatic heterocycles. The van der Waals surface area contributed by atoms with Crippen LogP contribution in [0.25, 0.3) is 0 Å². The van der Waals surface area contributed by atoms with Gasteiger partial charge in [-0.3, -0.25) is 4.79 Å². The number of hydrogen-bond donors (Lipinski definition) is 2.